The van der Waals surface area contributed by atoms with E-state index in [-0.39, 0.29) is 12.5 Å². The van der Waals surface area contributed by atoms with Gasteiger partial charge in [-0.25, -0.2) is 4.79 Å². The van der Waals surface area contributed by atoms with Crippen molar-refractivity contribution >= 4 is 17.7 Å². The fourth-order valence-electron chi connectivity index (χ4n) is 1.54. The molecule has 2 unspecified atom stereocenters. The van der Waals surface area contributed by atoms with Gasteiger partial charge in [0.15, 0.2) is 0 Å². The van der Waals surface area contributed by atoms with Crippen molar-refractivity contribution in [2.45, 2.75) is 18.9 Å². The van der Waals surface area contributed by atoms with Gasteiger partial charge in [-0.15, -0.1) is 0 Å². The van der Waals surface area contributed by atoms with Crippen molar-refractivity contribution < 1.29 is 14.6 Å². The van der Waals surface area contributed by atoms with Gasteiger partial charge >= 0.3 is 6.09 Å². The zero-order valence-electron chi connectivity index (χ0n) is 8.89. The molecule has 0 saturated carbocycles. The maximum Gasteiger partial charge on any atom is 0.404 e. The Morgan fingerprint density at radius 3 is 2.69 bits per heavy atom. The van der Waals surface area contributed by atoms with E-state index in [0.717, 1.165) is 5.56 Å². The van der Waals surface area contributed by atoms with Crippen molar-refractivity contribution in [3.63, 3.8) is 0 Å². The van der Waals surface area contributed by atoms with Crippen LogP contribution in [0.4, 0.5) is 4.79 Å². The van der Waals surface area contributed by atoms with Gasteiger partial charge in [0.05, 0.1) is 6.61 Å². The lowest BCUT2D eigenvalue weighted by atomic mass is 9.95. The summed E-state index contributed by atoms with van der Waals surface area (Å²) < 4.78 is 4.83. The number of rotatable bonds is 4. The van der Waals surface area contributed by atoms with Crippen molar-refractivity contribution in [3.05, 3.63) is 34.9 Å². The molecule has 4 nitrogen and oxygen atoms in total. The third-order valence-corrected chi connectivity index (χ3v) is 2.71. The number of hydrogen-bond acceptors (Lipinski definition) is 3. The topological polar surface area (TPSA) is 72.5 Å². The van der Waals surface area contributed by atoms with Crippen LogP contribution >= 0.6 is 11.6 Å². The maximum absolute atomic E-state index is 10.6. The number of aliphatic hydroxyl groups is 1. The summed E-state index contributed by atoms with van der Waals surface area (Å²) in [4.78, 5) is 10.6. The van der Waals surface area contributed by atoms with E-state index in [1.165, 1.54) is 0 Å². The Balaban J connectivity index is 2.90. The second kappa shape index (κ2) is 5.72. The van der Waals surface area contributed by atoms with Gasteiger partial charge in [0, 0.05) is 10.9 Å². The molecule has 5 heteroatoms. The highest BCUT2D eigenvalue weighted by Crippen LogP contribution is 2.27. The van der Waals surface area contributed by atoms with Crippen LogP contribution in [0.3, 0.4) is 0 Å². The first-order valence-electron chi connectivity index (χ1n) is 4.87. The third kappa shape index (κ3) is 3.12. The smallest absolute Gasteiger partial charge is 0.404 e. The molecule has 88 valence electrons. The molecule has 0 aliphatic heterocycles. The fourth-order valence-corrected chi connectivity index (χ4v) is 1.82. The molecule has 0 radical (unpaired) electrons. The molecule has 0 aromatic heterocycles. The van der Waals surface area contributed by atoms with Crippen LogP contribution in [-0.2, 0) is 4.74 Å². The van der Waals surface area contributed by atoms with Crippen molar-refractivity contribution in [3.8, 4) is 0 Å². The lowest BCUT2D eigenvalue weighted by Gasteiger charge is -2.22. The Hall–Kier alpha value is -1.26. The molecule has 1 aromatic rings. The van der Waals surface area contributed by atoms with E-state index in [1.807, 2.05) is 0 Å². The second-order valence-corrected chi connectivity index (χ2v) is 3.86. The molecule has 1 aromatic carbocycles. The maximum atomic E-state index is 10.6. The lowest BCUT2D eigenvalue weighted by Crippen LogP contribution is -2.28. The normalized spacial score (nSPS) is 14.2. The quantitative estimate of drug-likeness (QED) is 0.848. The molecular weight excluding hydrogens is 230 g/mol. The molecule has 1 amide bonds. The van der Waals surface area contributed by atoms with Crippen molar-refractivity contribution in [2.75, 3.05) is 6.61 Å². The van der Waals surface area contributed by atoms with E-state index in [1.54, 1.807) is 31.2 Å². The Bertz CT molecular complexity index is 370. The van der Waals surface area contributed by atoms with Gasteiger partial charge in [-0.05, 0) is 18.6 Å². The lowest BCUT2D eigenvalue weighted by molar-refractivity contribution is 0.0820. The minimum absolute atomic E-state index is 0.168. The minimum Gasteiger partial charge on any atom is -0.446 e. The molecule has 2 atom stereocenters. The number of ether oxygens (including phenoxy) is 1. The zero-order chi connectivity index (χ0) is 12.1. The Kier molecular flexibility index (Phi) is 4.58. The van der Waals surface area contributed by atoms with E-state index in [4.69, 9.17) is 22.1 Å². The zero-order valence-corrected chi connectivity index (χ0v) is 9.65. The highest BCUT2D eigenvalue weighted by Gasteiger charge is 2.23. The van der Waals surface area contributed by atoms with E-state index < -0.39 is 12.2 Å². The van der Waals surface area contributed by atoms with Gasteiger partial charge in [-0.2, -0.15) is 0 Å². The highest BCUT2D eigenvalue weighted by atomic mass is 35.5. The molecule has 16 heavy (non-hydrogen) atoms. The SMILES string of the molecule is CC(OC(N)=O)C(CO)c1ccccc1Cl. The molecule has 0 saturated heterocycles. The van der Waals surface area contributed by atoms with Gasteiger partial charge in [-0.3, -0.25) is 0 Å². The average Bonchev–Trinajstić information content (AvgIpc) is 2.20. The number of aliphatic hydroxyl groups excluding tert-OH is 1. The van der Waals surface area contributed by atoms with Crippen molar-refractivity contribution in [1.29, 1.82) is 0 Å². The van der Waals surface area contributed by atoms with Crippen LogP contribution < -0.4 is 5.73 Å². The van der Waals surface area contributed by atoms with Gasteiger partial charge in [0.1, 0.15) is 6.10 Å². The van der Waals surface area contributed by atoms with E-state index in [2.05, 4.69) is 0 Å². The van der Waals surface area contributed by atoms with Gasteiger partial charge in [0.2, 0.25) is 0 Å². The molecule has 0 fully saturated rings. The number of nitrogens with two attached hydrogens (primary N) is 1. The molecule has 1 rings (SSSR count). The van der Waals surface area contributed by atoms with Crippen LogP contribution in [-0.4, -0.2) is 23.9 Å². The molecular formula is C11H14ClNO3. The first kappa shape index (κ1) is 12.8. The molecule has 0 bridgehead atoms. The van der Waals surface area contributed by atoms with Crippen molar-refractivity contribution in [2.24, 2.45) is 5.73 Å². The molecule has 0 spiro atoms. The van der Waals surface area contributed by atoms with E-state index in [9.17, 15) is 9.90 Å². The van der Waals surface area contributed by atoms with Crippen LogP contribution in [0.25, 0.3) is 0 Å². The summed E-state index contributed by atoms with van der Waals surface area (Å²) in [7, 11) is 0. The van der Waals surface area contributed by atoms with Crippen LogP contribution in [0.2, 0.25) is 5.02 Å². The van der Waals surface area contributed by atoms with Crippen molar-refractivity contribution in [1.82, 2.24) is 0 Å². The number of carbonyl (C=O) groups is 1. The predicted octanol–water partition coefficient (Wildman–Crippen LogP) is 1.90. The summed E-state index contributed by atoms with van der Waals surface area (Å²) in [6.07, 6.45) is -1.39. The third-order valence-electron chi connectivity index (χ3n) is 2.37. The average molecular weight is 244 g/mol. The largest absolute Gasteiger partial charge is 0.446 e. The second-order valence-electron chi connectivity index (χ2n) is 3.45. The number of primary amides is 1. The van der Waals surface area contributed by atoms with Gasteiger partial charge < -0.3 is 15.6 Å². The first-order valence-corrected chi connectivity index (χ1v) is 5.25. The fraction of sp³-hybridized carbons (Fsp3) is 0.364. The summed E-state index contributed by atoms with van der Waals surface area (Å²) in [5.74, 6) is -0.374. The van der Waals surface area contributed by atoms with Crippen LogP contribution in [0.1, 0.15) is 18.4 Å². The number of carbonyl (C=O) groups excluding carboxylic acids is 1. The monoisotopic (exact) mass is 243 g/mol. The van der Waals surface area contributed by atoms with Gasteiger partial charge in [-0.1, -0.05) is 29.8 Å². The van der Waals surface area contributed by atoms with Gasteiger partial charge in [0.25, 0.3) is 0 Å². The molecule has 0 aliphatic carbocycles. The van der Waals surface area contributed by atoms with Crippen LogP contribution in [0.15, 0.2) is 24.3 Å². The summed E-state index contributed by atoms with van der Waals surface area (Å²) >= 11 is 6.00. The Labute approximate surface area is 99.0 Å². The Morgan fingerprint density at radius 1 is 1.56 bits per heavy atom. The summed E-state index contributed by atoms with van der Waals surface area (Å²) in [5, 5.41) is 9.83. The molecule has 3 N–H and O–H groups in total. The first-order chi connectivity index (χ1) is 7.56. The number of amides is 1. The van der Waals surface area contributed by atoms with E-state index in [0.29, 0.717) is 5.02 Å². The van der Waals surface area contributed by atoms with Crippen LogP contribution in [0.5, 0.6) is 0 Å². The van der Waals surface area contributed by atoms with Crippen LogP contribution in [0, 0.1) is 0 Å². The highest BCUT2D eigenvalue weighted by molar-refractivity contribution is 6.31. The number of hydrogen-bond donors (Lipinski definition) is 2. The minimum atomic E-state index is -0.863. The predicted molar refractivity (Wildman–Crippen MR) is 61.4 cm³/mol. The standard InChI is InChI=1S/C11H14ClNO3/c1-7(16-11(13)15)9(6-14)8-4-2-3-5-10(8)12/h2-5,7,9,14H,6H2,1H3,(H2,13,15). The summed E-state index contributed by atoms with van der Waals surface area (Å²) in [6.45, 7) is 1.49. The summed E-state index contributed by atoms with van der Waals surface area (Å²) in [5.41, 5.74) is 5.66. The number of halogens is 1. The molecule has 0 heterocycles. The number of benzene rings is 1. The van der Waals surface area contributed by atoms with E-state index >= 15 is 0 Å². The Morgan fingerprint density at radius 2 is 2.19 bits per heavy atom. The summed E-state index contributed by atoms with van der Waals surface area (Å²) in [6, 6.07) is 7.10. The molecule has 0 aliphatic rings.